The van der Waals surface area contributed by atoms with Gasteiger partial charge in [0.1, 0.15) is 23.3 Å². The van der Waals surface area contributed by atoms with Crippen LogP contribution in [0.4, 0.5) is 5.82 Å². The summed E-state index contributed by atoms with van der Waals surface area (Å²) in [5.74, 6) is 1.62. The molecule has 2 aromatic rings. The third-order valence-electron chi connectivity index (χ3n) is 2.74. The Labute approximate surface area is 92.4 Å². The fourth-order valence-electron chi connectivity index (χ4n) is 1.91. The highest BCUT2D eigenvalue weighted by Gasteiger charge is 2.23. The van der Waals surface area contributed by atoms with E-state index in [4.69, 9.17) is 10.2 Å². The molecule has 0 radical (unpaired) electrons. The van der Waals surface area contributed by atoms with Gasteiger partial charge in [-0.25, -0.2) is 4.68 Å². The summed E-state index contributed by atoms with van der Waals surface area (Å²) in [6.07, 6.45) is 2.67. The van der Waals surface area contributed by atoms with E-state index in [2.05, 4.69) is 15.6 Å². The Hall–Kier alpha value is -1.82. The molecule has 1 aliphatic rings. The normalized spacial score (nSPS) is 16.6. The van der Waals surface area contributed by atoms with Gasteiger partial charge in [-0.1, -0.05) is 5.21 Å². The van der Waals surface area contributed by atoms with E-state index in [9.17, 15) is 0 Å². The van der Waals surface area contributed by atoms with Crippen LogP contribution in [0.25, 0.3) is 0 Å². The molecule has 0 bridgehead atoms. The van der Waals surface area contributed by atoms with Gasteiger partial charge >= 0.3 is 0 Å². The van der Waals surface area contributed by atoms with Gasteiger partial charge in [0.2, 0.25) is 0 Å². The first-order valence-electron chi connectivity index (χ1n) is 5.32. The van der Waals surface area contributed by atoms with E-state index in [0.29, 0.717) is 5.76 Å². The molecule has 1 atom stereocenters. The summed E-state index contributed by atoms with van der Waals surface area (Å²) < 4.78 is 7.13. The number of hydrogen-bond donors (Lipinski definition) is 2. The number of aromatic nitrogens is 3. The molecule has 0 fully saturated rings. The van der Waals surface area contributed by atoms with Crippen LogP contribution in [0, 0.1) is 0 Å². The number of rotatable bonds is 2. The molecular weight excluding hydrogens is 206 g/mol. The fourth-order valence-corrected chi connectivity index (χ4v) is 1.91. The van der Waals surface area contributed by atoms with E-state index >= 15 is 0 Å². The van der Waals surface area contributed by atoms with Gasteiger partial charge in [-0.05, 0) is 18.6 Å². The number of nitrogens with one attached hydrogen (secondary N) is 1. The number of nitrogens with zero attached hydrogens (tertiary/aromatic N) is 3. The van der Waals surface area contributed by atoms with Crippen molar-refractivity contribution in [3.05, 3.63) is 29.9 Å². The molecule has 0 amide bonds. The minimum atomic E-state index is -0.357. The standard InChI is InChI=1S/C10H13N5O/c11-8(7-3-1-6-16-7)9-10-12-4-2-5-15(10)14-13-9/h1,3,6,8,12H,2,4-5,11H2. The van der Waals surface area contributed by atoms with Crippen LogP contribution in [0.1, 0.15) is 23.9 Å². The van der Waals surface area contributed by atoms with E-state index in [0.717, 1.165) is 31.0 Å². The lowest BCUT2D eigenvalue weighted by molar-refractivity contribution is 0.486. The van der Waals surface area contributed by atoms with Crippen LogP contribution in [-0.4, -0.2) is 21.5 Å². The molecule has 1 unspecified atom stereocenters. The van der Waals surface area contributed by atoms with Crippen molar-refractivity contribution in [1.82, 2.24) is 15.0 Å². The first-order valence-corrected chi connectivity index (χ1v) is 5.32. The molecule has 3 heterocycles. The van der Waals surface area contributed by atoms with Crippen molar-refractivity contribution in [2.24, 2.45) is 5.73 Å². The van der Waals surface area contributed by atoms with Gasteiger partial charge in [-0.3, -0.25) is 0 Å². The van der Waals surface area contributed by atoms with Crippen molar-refractivity contribution < 1.29 is 4.42 Å². The van der Waals surface area contributed by atoms with Gasteiger partial charge in [0.05, 0.1) is 6.26 Å². The number of anilines is 1. The van der Waals surface area contributed by atoms with E-state index in [1.54, 1.807) is 6.26 Å². The van der Waals surface area contributed by atoms with Gasteiger partial charge in [-0.2, -0.15) is 0 Å². The zero-order valence-electron chi connectivity index (χ0n) is 8.76. The predicted octanol–water partition coefficient (Wildman–Crippen LogP) is 0.735. The topological polar surface area (TPSA) is 81.9 Å². The number of furan rings is 1. The average Bonchev–Trinajstić information content (AvgIpc) is 2.98. The molecule has 2 aromatic heterocycles. The average molecular weight is 219 g/mol. The lowest BCUT2D eigenvalue weighted by atomic mass is 10.1. The van der Waals surface area contributed by atoms with Crippen molar-refractivity contribution in [3.63, 3.8) is 0 Å². The third kappa shape index (κ3) is 1.38. The van der Waals surface area contributed by atoms with Gasteiger partial charge in [0.15, 0.2) is 0 Å². The maximum Gasteiger partial charge on any atom is 0.150 e. The molecule has 3 rings (SSSR count). The monoisotopic (exact) mass is 219 g/mol. The Balaban J connectivity index is 1.97. The van der Waals surface area contributed by atoms with E-state index < -0.39 is 0 Å². The second kappa shape index (κ2) is 3.64. The van der Waals surface area contributed by atoms with Gasteiger partial charge in [0, 0.05) is 13.1 Å². The molecule has 16 heavy (non-hydrogen) atoms. The first-order chi connectivity index (χ1) is 7.86. The molecule has 3 N–H and O–H groups in total. The van der Waals surface area contributed by atoms with Crippen LogP contribution in [-0.2, 0) is 6.54 Å². The second-order valence-corrected chi connectivity index (χ2v) is 3.82. The Morgan fingerprint density at radius 3 is 3.31 bits per heavy atom. The Morgan fingerprint density at radius 1 is 1.56 bits per heavy atom. The van der Waals surface area contributed by atoms with Gasteiger partial charge < -0.3 is 15.5 Å². The van der Waals surface area contributed by atoms with Gasteiger partial charge in [-0.15, -0.1) is 5.10 Å². The summed E-state index contributed by atoms with van der Waals surface area (Å²) in [4.78, 5) is 0. The molecule has 1 aliphatic heterocycles. The molecule has 0 saturated carbocycles. The lowest BCUT2D eigenvalue weighted by Gasteiger charge is -2.16. The van der Waals surface area contributed by atoms with Crippen LogP contribution >= 0.6 is 0 Å². The largest absolute Gasteiger partial charge is 0.467 e. The first kappa shape index (κ1) is 9.41. The van der Waals surface area contributed by atoms with Gasteiger partial charge in [0.25, 0.3) is 0 Å². The molecule has 0 spiro atoms. The van der Waals surface area contributed by atoms with Crippen LogP contribution in [0.5, 0.6) is 0 Å². The molecule has 6 heteroatoms. The van der Waals surface area contributed by atoms with Crippen LogP contribution in [0.2, 0.25) is 0 Å². The molecule has 0 aromatic carbocycles. The van der Waals surface area contributed by atoms with Crippen molar-refractivity contribution in [3.8, 4) is 0 Å². The quantitative estimate of drug-likeness (QED) is 0.778. The molecular formula is C10H13N5O. The minimum absolute atomic E-state index is 0.357. The van der Waals surface area contributed by atoms with E-state index in [1.807, 2.05) is 16.8 Å². The minimum Gasteiger partial charge on any atom is -0.467 e. The summed E-state index contributed by atoms with van der Waals surface area (Å²) >= 11 is 0. The Morgan fingerprint density at radius 2 is 2.50 bits per heavy atom. The van der Waals surface area contributed by atoms with Crippen molar-refractivity contribution >= 4 is 5.82 Å². The number of nitrogens with two attached hydrogens (primary N) is 1. The Kier molecular flexibility index (Phi) is 2.14. The predicted molar refractivity (Wildman–Crippen MR) is 57.9 cm³/mol. The number of hydrogen-bond acceptors (Lipinski definition) is 5. The highest BCUT2D eigenvalue weighted by atomic mass is 16.3. The zero-order valence-corrected chi connectivity index (χ0v) is 8.76. The maximum absolute atomic E-state index is 6.08. The maximum atomic E-state index is 6.08. The summed E-state index contributed by atoms with van der Waals surface area (Å²) in [6.45, 7) is 1.82. The van der Waals surface area contributed by atoms with Crippen molar-refractivity contribution in [2.45, 2.75) is 19.0 Å². The van der Waals surface area contributed by atoms with E-state index in [-0.39, 0.29) is 6.04 Å². The van der Waals surface area contributed by atoms with Crippen LogP contribution < -0.4 is 11.1 Å². The number of aryl methyl sites for hydroxylation is 1. The van der Waals surface area contributed by atoms with Crippen LogP contribution in [0.15, 0.2) is 22.8 Å². The van der Waals surface area contributed by atoms with Crippen molar-refractivity contribution in [2.75, 3.05) is 11.9 Å². The molecule has 0 aliphatic carbocycles. The Bertz CT molecular complexity index is 475. The lowest BCUT2D eigenvalue weighted by Crippen LogP contribution is -2.20. The summed E-state index contributed by atoms with van der Waals surface area (Å²) in [5.41, 5.74) is 6.82. The molecule has 84 valence electrons. The zero-order chi connectivity index (χ0) is 11.0. The SMILES string of the molecule is NC(c1ccco1)c1nnn2c1NCCC2. The van der Waals surface area contributed by atoms with Crippen LogP contribution in [0.3, 0.4) is 0 Å². The summed E-state index contributed by atoms with van der Waals surface area (Å²) in [7, 11) is 0. The number of fused-ring (bicyclic) bond motifs is 1. The summed E-state index contributed by atoms with van der Waals surface area (Å²) in [5, 5.41) is 11.5. The molecule has 6 nitrogen and oxygen atoms in total. The van der Waals surface area contributed by atoms with Crippen molar-refractivity contribution in [1.29, 1.82) is 0 Å². The fraction of sp³-hybridized carbons (Fsp3) is 0.400. The highest BCUT2D eigenvalue weighted by molar-refractivity contribution is 5.45. The smallest absolute Gasteiger partial charge is 0.150 e. The third-order valence-corrected chi connectivity index (χ3v) is 2.74. The van der Waals surface area contributed by atoms with E-state index in [1.165, 1.54) is 0 Å². The highest BCUT2D eigenvalue weighted by Crippen LogP contribution is 2.26. The molecule has 0 saturated heterocycles. The second-order valence-electron chi connectivity index (χ2n) is 3.82. The summed E-state index contributed by atoms with van der Waals surface area (Å²) in [6, 6.07) is 3.31.